The Bertz CT molecular complexity index is 1560. The zero-order valence-electron chi connectivity index (χ0n) is 24.0. The second-order valence-corrected chi connectivity index (χ2v) is 12.8. The van der Waals surface area contributed by atoms with E-state index in [1.165, 1.54) is 55.5 Å². The van der Waals surface area contributed by atoms with Crippen LogP contribution in [0.1, 0.15) is 58.8 Å². The van der Waals surface area contributed by atoms with E-state index in [-0.39, 0.29) is 47.5 Å². The molecule has 2 atom stereocenters. The van der Waals surface area contributed by atoms with Crippen LogP contribution in [-0.4, -0.2) is 45.9 Å². The van der Waals surface area contributed by atoms with Gasteiger partial charge in [-0.15, -0.1) is 0 Å². The molecular formula is C31H32F6N2O4S. The molecule has 1 fully saturated rings. The topological polar surface area (TPSA) is 75.7 Å². The van der Waals surface area contributed by atoms with E-state index >= 15 is 0 Å². The summed E-state index contributed by atoms with van der Waals surface area (Å²) in [6, 6.07) is 13.3. The first kappa shape index (κ1) is 33.3. The molecule has 0 spiro atoms. The van der Waals surface area contributed by atoms with Gasteiger partial charge in [-0.1, -0.05) is 31.2 Å². The van der Waals surface area contributed by atoms with Crippen molar-refractivity contribution in [3.63, 3.8) is 0 Å². The van der Waals surface area contributed by atoms with E-state index in [1.807, 2.05) is 0 Å². The van der Waals surface area contributed by atoms with E-state index in [2.05, 4.69) is 5.32 Å². The first-order chi connectivity index (χ1) is 20.6. The summed E-state index contributed by atoms with van der Waals surface area (Å²) >= 11 is 0. The lowest BCUT2D eigenvalue weighted by molar-refractivity contribution is -0.138. The zero-order valence-corrected chi connectivity index (χ0v) is 24.8. The molecule has 0 aliphatic carbocycles. The van der Waals surface area contributed by atoms with Gasteiger partial charge >= 0.3 is 12.4 Å². The lowest BCUT2D eigenvalue weighted by atomic mass is 9.95. The highest BCUT2D eigenvalue weighted by atomic mass is 32.2. The second kappa shape index (κ2) is 13.2. The largest absolute Gasteiger partial charge is 0.418 e. The molecular weight excluding hydrogens is 610 g/mol. The Labute approximate surface area is 251 Å². The molecule has 0 saturated carbocycles. The maximum absolute atomic E-state index is 14.4. The normalized spacial score (nSPS) is 17.6. The average molecular weight is 643 g/mol. The summed E-state index contributed by atoms with van der Waals surface area (Å²) in [5.41, 5.74) is -1.06. The van der Waals surface area contributed by atoms with Crippen molar-refractivity contribution in [1.29, 1.82) is 0 Å². The van der Waals surface area contributed by atoms with Crippen LogP contribution in [0.5, 0.6) is 0 Å². The SMILES string of the molecule is CCOC[C@@H]1CC(c2ccc(C(F)(F)F)cc2)CN1c1ccc(C(=O)NCc2ccc(S(=O)(=O)CC)cc2)cc1C(F)(F)F. The maximum Gasteiger partial charge on any atom is 0.418 e. The molecule has 44 heavy (non-hydrogen) atoms. The summed E-state index contributed by atoms with van der Waals surface area (Å²) in [6.07, 6.45) is -8.95. The van der Waals surface area contributed by atoms with Gasteiger partial charge in [0.25, 0.3) is 5.91 Å². The Morgan fingerprint density at radius 1 is 0.932 bits per heavy atom. The monoisotopic (exact) mass is 642 g/mol. The van der Waals surface area contributed by atoms with Crippen LogP contribution in [0.3, 0.4) is 0 Å². The highest BCUT2D eigenvalue weighted by molar-refractivity contribution is 7.91. The molecule has 1 unspecified atom stereocenters. The van der Waals surface area contributed by atoms with Crippen LogP contribution < -0.4 is 10.2 Å². The number of nitrogens with zero attached hydrogens (tertiary/aromatic N) is 1. The fourth-order valence-electron chi connectivity index (χ4n) is 5.23. The van der Waals surface area contributed by atoms with E-state index in [0.29, 0.717) is 24.2 Å². The Kier molecular flexibility index (Phi) is 9.99. The molecule has 1 N–H and O–H groups in total. The Morgan fingerprint density at radius 3 is 2.16 bits per heavy atom. The molecule has 0 radical (unpaired) electrons. The van der Waals surface area contributed by atoms with E-state index in [1.54, 1.807) is 11.8 Å². The minimum Gasteiger partial charge on any atom is -0.380 e. The number of amides is 1. The Morgan fingerprint density at radius 2 is 1.59 bits per heavy atom. The summed E-state index contributed by atoms with van der Waals surface area (Å²) in [4.78, 5) is 14.5. The van der Waals surface area contributed by atoms with Crippen molar-refractivity contribution in [2.75, 3.05) is 30.4 Å². The predicted molar refractivity (Wildman–Crippen MR) is 153 cm³/mol. The van der Waals surface area contributed by atoms with Gasteiger partial charge in [0.1, 0.15) is 0 Å². The molecule has 1 saturated heterocycles. The number of carbonyl (C=O) groups is 1. The van der Waals surface area contributed by atoms with Crippen molar-refractivity contribution in [3.8, 4) is 0 Å². The second-order valence-electron chi connectivity index (χ2n) is 10.5. The van der Waals surface area contributed by atoms with Crippen LogP contribution >= 0.6 is 0 Å². The van der Waals surface area contributed by atoms with Crippen LogP contribution in [0, 0.1) is 0 Å². The van der Waals surface area contributed by atoms with Gasteiger partial charge < -0.3 is 15.0 Å². The number of hydrogen-bond acceptors (Lipinski definition) is 5. The van der Waals surface area contributed by atoms with Gasteiger partial charge in [-0.3, -0.25) is 4.79 Å². The molecule has 13 heteroatoms. The van der Waals surface area contributed by atoms with Crippen molar-refractivity contribution in [3.05, 3.63) is 94.5 Å². The Hall–Kier alpha value is -3.58. The maximum atomic E-state index is 14.4. The first-order valence-corrected chi connectivity index (χ1v) is 15.6. The standard InChI is InChI=1S/C31H32F6N2O4S/c1-3-43-19-25-15-23(21-7-10-24(11-8-21)30(32,33)34)18-39(25)28-14-9-22(16-27(28)31(35,36)37)29(40)38-17-20-5-12-26(13-6-20)44(41,42)4-2/h5-14,16,23,25H,3-4,15,17-19H2,1-2H3,(H,38,40)/t23?,25-/m0/s1. The van der Waals surface area contributed by atoms with Crippen molar-refractivity contribution in [2.24, 2.45) is 0 Å². The number of ether oxygens (including phenoxy) is 1. The summed E-state index contributed by atoms with van der Waals surface area (Å²) in [5, 5.41) is 2.57. The molecule has 1 aliphatic rings. The lowest BCUT2D eigenvalue weighted by Crippen LogP contribution is -2.35. The molecule has 1 heterocycles. The van der Waals surface area contributed by atoms with Crippen LogP contribution in [0.15, 0.2) is 71.6 Å². The average Bonchev–Trinajstić information content (AvgIpc) is 3.42. The summed E-state index contributed by atoms with van der Waals surface area (Å²) < 4.78 is 112. The number of nitrogens with one attached hydrogen (secondary N) is 1. The van der Waals surface area contributed by atoms with Gasteiger partial charge in [0.05, 0.1) is 34.4 Å². The summed E-state index contributed by atoms with van der Waals surface area (Å²) in [6.45, 7) is 3.80. The number of benzene rings is 3. The number of hydrogen-bond donors (Lipinski definition) is 1. The molecule has 3 aromatic rings. The molecule has 1 amide bonds. The van der Waals surface area contributed by atoms with Crippen molar-refractivity contribution < 1.29 is 44.3 Å². The highest BCUT2D eigenvalue weighted by Gasteiger charge is 2.41. The predicted octanol–water partition coefficient (Wildman–Crippen LogP) is 6.85. The van der Waals surface area contributed by atoms with Crippen molar-refractivity contribution >= 4 is 21.4 Å². The van der Waals surface area contributed by atoms with E-state index in [0.717, 1.165) is 18.2 Å². The number of alkyl halides is 6. The van der Waals surface area contributed by atoms with E-state index in [4.69, 9.17) is 4.74 Å². The molecule has 0 aromatic heterocycles. The van der Waals surface area contributed by atoms with E-state index < -0.39 is 45.3 Å². The van der Waals surface area contributed by atoms with Gasteiger partial charge in [-0.05, 0) is 66.9 Å². The smallest absolute Gasteiger partial charge is 0.380 e. The fourth-order valence-corrected chi connectivity index (χ4v) is 6.11. The number of sulfone groups is 1. The third kappa shape index (κ3) is 7.73. The van der Waals surface area contributed by atoms with Crippen LogP contribution in [-0.2, 0) is 33.5 Å². The minimum absolute atomic E-state index is 0.0360. The molecule has 0 bridgehead atoms. The van der Waals surface area contributed by atoms with E-state index in [9.17, 15) is 39.6 Å². The van der Waals surface area contributed by atoms with Gasteiger partial charge in [0.2, 0.25) is 0 Å². The minimum atomic E-state index is -4.81. The number of rotatable bonds is 10. The number of halogens is 6. The number of anilines is 1. The van der Waals surface area contributed by atoms with Crippen molar-refractivity contribution in [1.82, 2.24) is 5.32 Å². The summed E-state index contributed by atoms with van der Waals surface area (Å²) in [5.74, 6) is -1.16. The van der Waals surface area contributed by atoms with Crippen LogP contribution in [0.2, 0.25) is 0 Å². The quantitative estimate of drug-likeness (QED) is 0.245. The zero-order chi connectivity index (χ0) is 32.3. The molecule has 238 valence electrons. The van der Waals surface area contributed by atoms with Gasteiger partial charge in [0.15, 0.2) is 9.84 Å². The fraction of sp³-hybridized carbons (Fsp3) is 0.387. The first-order valence-electron chi connectivity index (χ1n) is 14.0. The van der Waals surface area contributed by atoms with Crippen LogP contribution in [0.25, 0.3) is 0 Å². The van der Waals surface area contributed by atoms with Crippen LogP contribution in [0.4, 0.5) is 32.0 Å². The number of carbonyl (C=O) groups excluding carboxylic acids is 1. The molecule has 3 aromatic carbocycles. The molecule has 6 nitrogen and oxygen atoms in total. The molecule has 4 rings (SSSR count). The van der Waals surface area contributed by atoms with Crippen molar-refractivity contribution in [2.45, 2.75) is 56.0 Å². The van der Waals surface area contributed by atoms with Gasteiger partial charge in [-0.25, -0.2) is 8.42 Å². The van der Waals surface area contributed by atoms with Gasteiger partial charge in [0, 0.05) is 36.9 Å². The third-order valence-electron chi connectivity index (χ3n) is 7.63. The molecule has 1 aliphatic heterocycles. The lowest BCUT2D eigenvalue weighted by Gasteiger charge is -2.29. The van der Waals surface area contributed by atoms with Gasteiger partial charge in [-0.2, -0.15) is 26.3 Å². The summed E-state index contributed by atoms with van der Waals surface area (Å²) in [7, 11) is -3.40. The third-order valence-corrected chi connectivity index (χ3v) is 9.38. The highest BCUT2D eigenvalue weighted by Crippen LogP contribution is 2.43. The Balaban J connectivity index is 1.56.